The van der Waals surface area contributed by atoms with Gasteiger partial charge in [-0.3, -0.25) is 4.79 Å². The minimum atomic E-state index is 0.184. The van der Waals surface area contributed by atoms with Crippen molar-refractivity contribution in [2.45, 2.75) is 38.8 Å². The lowest BCUT2D eigenvalue weighted by Gasteiger charge is -2.25. The van der Waals surface area contributed by atoms with Crippen molar-refractivity contribution in [1.82, 2.24) is 4.90 Å². The van der Waals surface area contributed by atoms with Gasteiger partial charge in [-0.15, -0.1) is 11.3 Å². The molecule has 0 aliphatic carbocycles. The van der Waals surface area contributed by atoms with E-state index in [-0.39, 0.29) is 12.0 Å². The predicted molar refractivity (Wildman–Crippen MR) is 93.6 cm³/mol. The van der Waals surface area contributed by atoms with E-state index in [0.29, 0.717) is 19.5 Å². The maximum atomic E-state index is 12.9. The number of benzene rings is 1. The summed E-state index contributed by atoms with van der Waals surface area (Å²) in [5.41, 5.74) is 2.29. The van der Waals surface area contributed by atoms with Gasteiger partial charge < -0.3 is 9.64 Å². The van der Waals surface area contributed by atoms with Crippen LogP contribution in [0.3, 0.4) is 0 Å². The molecule has 1 aromatic heterocycles. The smallest absolute Gasteiger partial charge is 0.227 e. The number of aryl methyl sites for hydroxylation is 1. The van der Waals surface area contributed by atoms with Crippen LogP contribution in [0.1, 0.15) is 28.8 Å². The van der Waals surface area contributed by atoms with Crippen LogP contribution in [0.4, 0.5) is 0 Å². The van der Waals surface area contributed by atoms with E-state index in [0.717, 1.165) is 25.0 Å². The highest BCUT2D eigenvalue weighted by atomic mass is 32.1. The zero-order valence-corrected chi connectivity index (χ0v) is 14.3. The molecule has 1 saturated heterocycles. The molecule has 3 rings (SSSR count). The van der Waals surface area contributed by atoms with E-state index in [4.69, 9.17) is 4.74 Å². The number of carbonyl (C=O) groups is 1. The molecule has 4 heteroatoms. The van der Waals surface area contributed by atoms with E-state index in [1.54, 1.807) is 11.3 Å². The van der Waals surface area contributed by atoms with E-state index in [9.17, 15) is 4.79 Å². The largest absolute Gasteiger partial charge is 0.376 e. The fraction of sp³-hybridized carbons (Fsp3) is 0.421. The van der Waals surface area contributed by atoms with Crippen LogP contribution in [0, 0.1) is 6.92 Å². The molecule has 0 bridgehead atoms. The molecule has 1 aromatic carbocycles. The summed E-state index contributed by atoms with van der Waals surface area (Å²) in [5.74, 6) is 0.184. The van der Waals surface area contributed by atoms with Crippen LogP contribution in [0.5, 0.6) is 0 Å². The summed E-state index contributed by atoms with van der Waals surface area (Å²) in [5, 5.41) is 2.06. The molecule has 1 unspecified atom stereocenters. The Bertz CT molecular complexity index is 633. The summed E-state index contributed by atoms with van der Waals surface area (Å²) >= 11 is 1.70. The van der Waals surface area contributed by atoms with Crippen LogP contribution in [0.2, 0.25) is 0 Å². The van der Waals surface area contributed by atoms with Crippen molar-refractivity contribution in [2.75, 3.05) is 13.2 Å². The van der Waals surface area contributed by atoms with Gasteiger partial charge >= 0.3 is 0 Å². The van der Waals surface area contributed by atoms with E-state index >= 15 is 0 Å². The van der Waals surface area contributed by atoms with Gasteiger partial charge in [0.2, 0.25) is 5.91 Å². The zero-order chi connectivity index (χ0) is 16.1. The number of amides is 1. The summed E-state index contributed by atoms with van der Waals surface area (Å²) in [6.07, 6.45) is 2.81. The molecule has 3 nitrogen and oxygen atoms in total. The first-order valence-electron chi connectivity index (χ1n) is 8.18. The number of thiophene rings is 1. The van der Waals surface area contributed by atoms with Crippen molar-refractivity contribution < 1.29 is 9.53 Å². The Morgan fingerprint density at radius 2 is 2.17 bits per heavy atom. The number of ether oxygens (including phenoxy) is 1. The third kappa shape index (κ3) is 4.43. The number of nitrogens with zero attached hydrogens (tertiary/aromatic N) is 1. The average Bonchev–Trinajstić information content (AvgIpc) is 3.22. The van der Waals surface area contributed by atoms with Gasteiger partial charge in [-0.05, 0) is 42.3 Å². The molecule has 1 amide bonds. The first-order valence-corrected chi connectivity index (χ1v) is 9.06. The number of hydrogen-bond donors (Lipinski definition) is 0. The third-order valence-electron chi connectivity index (χ3n) is 4.33. The molecule has 1 aliphatic heterocycles. The molecule has 122 valence electrons. The van der Waals surface area contributed by atoms with Crippen molar-refractivity contribution in [3.63, 3.8) is 0 Å². The Kier molecular flexibility index (Phi) is 5.47. The highest BCUT2D eigenvalue weighted by molar-refractivity contribution is 7.09. The van der Waals surface area contributed by atoms with Gasteiger partial charge in [0.05, 0.1) is 19.1 Å². The number of rotatable bonds is 6. The second kappa shape index (κ2) is 7.75. The lowest BCUT2D eigenvalue weighted by molar-refractivity contribution is -0.132. The molecule has 2 heterocycles. The van der Waals surface area contributed by atoms with Crippen molar-refractivity contribution in [1.29, 1.82) is 0 Å². The normalized spacial score (nSPS) is 17.3. The molecular formula is C19H23NO2S. The maximum Gasteiger partial charge on any atom is 0.227 e. The Hall–Kier alpha value is -1.65. The van der Waals surface area contributed by atoms with Crippen molar-refractivity contribution in [2.24, 2.45) is 0 Å². The Balaban J connectivity index is 1.70. The molecule has 0 saturated carbocycles. The fourth-order valence-electron chi connectivity index (χ4n) is 2.96. The van der Waals surface area contributed by atoms with Crippen LogP contribution in [0.25, 0.3) is 0 Å². The fourth-order valence-corrected chi connectivity index (χ4v) is 3.68. The first kappa shape index (κ1) is 16.2. The lowest BCUT2D eigenvalue weighted by Crippen LogP contribution is -2.37. The molecule has 0 spiro atoms. The third-order valence-corrected chi connectivity index (χ3v) is 5.19. The van der Waals surface area contributed by atoms with Crippen LogP contribution in [-0.2, 0) is 22.5 Å². The quantitative estimate of drug-likeness (QED) is 0.806. The van der Waals surface area contributed by atoms with Gasteiger partial charge in [0.25, 0.3) is 0 Å². The van der Waals surface area contributed by atoms with Crippen molar-refractivity contribution >= 4 is 17.2 Å². The summed E-state index contributed by atoms with van der Waals surface area (Å²) in [6, 6.07) is 12.2. The Morgan fingerprint density at radius 3 is 2.87 bits per heavy atom. The van der Waals surface area contributed by atoms with E-state index in [1.165, 1.54) is 10.4 Å². The minimum absolute atomic E-state index is 0.184. The standard InChI is InChI=1S/C19H23NO2S/c1-15-6-2-3-7-16(15)12-19(21)20(13-17-8-4-10-22-17)14-18-9-5-11-23-18/h2-3,5-7,9,11,17H,4,8,10,12-14H2,1H3. The topological polar surface area (TPSA) is 29.5 Å². The second-order valence-corrected chi connectivity index (χ2v) is 7.12. The van der Waals surface area contributed by atoms with Gasteiger partial charge in [-0.2, -0.15) is 0 Å². The average molecular weight is 329 g/mol. The van der Waals surface area contributed by atoms with Gasteiger partial charge in [0, 0.05) is 18.0 Å². The minimum Gasteiger partial charge on any atom is -0.376 e. The summed E-state index contributed by atoms with van der Waals surface area (Å²) in [7, 11) is 0. The maximum absolute atomic E-state index is 12.9. The summed E-state index contributed by atoms with van der Waals surface area (Å²) in [6.45, 7) is 4.26. The SMILES string of the molecule is Cc1ccccc1CC(=O)N(Cc1cccs1)CC1CCCO1. The van der Waals surface area contributed by atoms with Crippen LogP contribution >= 0.6 is 11.3 Å². The molecule has 1 aliphatic rings. The zero-order valence-electron chi connectivity index (χ0n) is 13.5. The van der Waals surface area contributed by atoms with Crippen LogP contribution in [-0.4, -0.2) is 30.1 Å². The molecular weight excluding hydrogens is 306 g/mol. The first-order chi connectivity index (χ1) is 11.2. The summed E-state index contributed by atoms with van der Waals surface area (Å²) in [4.78, 5) is 16.0. The number of hydrogen-bond acceptors (Lipinski definition) is 3. The molecule has 0 radical (unpaired) electrons. The molecule has 1 fully saturated rings. The highest BCUT2D eigenvalue weighted by Gasteiger charge is 2.23. The Labute approximate surface area is 141 Å². The second-order valence-electron chi connectivity index (χ2n) is 6.09. The number of carbonyl (C=O) groups excluding carboxylic acids is 1. The summed E-state index contributed by atoms with van der Waals surface area (Å²) < 4.78 is 5.74. The van der Waals surface area contributed by atoms with E-state index in [1.807, 2.05) is 29.2 Å². The van der Waals surface area contributed by atoms with Gasteiger partial charge in [-0.25, -0.2) is 0 Å². The van der Waals surface area contributed by atoms with Gasteiger partial charge in [0.1, 0.15) is 0 Å². The lowest BCUT2D eigenvalue weighted by atomic mass is 10.1. The predicted octanol–water partition coefficient (Wildman–Crippen LogP) is 3.81. The van der Waals surface area contributed by atoms with Crippen LogP contribution in [0.15, 0.2) is 41.8 Å². The molecule has 1 atom stereocenters. The Morgan fingerprint density at radius 1 is 1.30 bits per heavy atom. The highest BCUT2D eigenvalue weighted by Crippen LogP contribution is 2.19. The van der Waals surface area contributed by atoms with Crippen molar-refractivity contribution in [3.8, 4) is 0 Å². The van der Waals surface area contributed by atoms with Crippen molar-refractivity contribution in [3.05, 3.63) is 57.8 Å². The van der Waals surface area contributed by atoms with E-state index < -0.39 is 0 Å². The molecule has 23 heavy (non-hydrogen) atoms. The monoisotopic (exact) mass is 329 g/mol. The van der Waals surface area contributed by atoms with Gasteiger partial charge in [0.15, 0.2) is 0 Å². The molecule has 2 aromatic rings. The van der Waals surface area contributed by atoms with Crippen LogP contribution < -0.4 is 0 Å². The van der Waals surface area contributed by atoms with Gasteiger partial charge in [-0.1, -0.05) is 30.3 Å². The molecule has 0 N–H and O–H groups in total. The van der Waals surface area contributed by atoms with E-state index in [2.05, 4.69) is 24.4 Å².